The van der Waals surface area contributed by atoms with Gasteiger partial charge in [0, 0.05) is 19.0 Å². The predicted molar refractivity (Wildman–Crippen MR) is 90.4 cm³/mol. The highest BCUT2D eigenvalue weighted by Gasteiger charge is 2.35. The summed E-state index contributed by atoms with van der Waals surface area (Å²) < 4.78 is 5.70. The number of amides is 1. The van der Waals surface area contributed by atoms with Gasteiger partial charge in [0.25, 0.3) is 0 Å². The summed E-state index contributed by atoms with van der Waals surface area (Å²) >= 11 is 0. The fraction of sp³-hybridized carbons (Fsp3) is 0.611. The van der Waals surface area contributed by atoms with Crippen LogP contribution >= 0.6 is 0 Å². The molecule has 23 heavy (non-hydrogen) atoms. The molecule has 0 heterocycles. The fourth-order valence-electron chi connectivity index (χ4n) is 2.92. The van der Waals surface area contributed by atoms with Gasteiger partial charge < -0.3 is 20.5 Å². The quantitative estimate of drug-likeness (QED) is 0.837. The van der Waals surface area contributed by atoms with Gasteiger partial charge in [0.1, 0.15) is 12.4 Å². The average Bonchev–Trinajstić information content (AvgIpc) is 2.86. The zero-order valence-corrected chi connectivity index (χ0v) is 14.2. The zero-order chi connectivity index (χ0) is 17.0. The highest BCUT2D eigenvalue weighted by Crippen LogP contribution is 2.26. The van der Waals surface area contributed by atoms with Gasteiger partial charge in [-0.05, 0) is 36.5 Å². The van der Waals surface area contributed by atoms with Crippen molar-refractivity contribution in [3.8, 4) is 5.75 Å². The standard InChI is InChI=1S/C18H28N2O3/c1-12(2)13-4-6-15(7-5-13)23-9-8-20(3)18(22)14-10-16(19)17(21)11-14/h4-7,12,14,16-17,21H,8-11,19H2,1-3H3/t14-,16-,17-/m0/s1. The summed E-state index contributed by atoms with van der Waals surface area (Å²) in [7, 11) is 1.77. The Morgan fingerprint density at radius 3 is 2.52 bits per heavy atom. The van der Waals surface area contributed by atoms with Gasteiger partial charge in [-0.1, -0.05) is 26.0 Å². The smallest absolute Gasteiger partial charge is 0.225 e. The van der Waals surface area contributed by atoms with E-state index in [1.54, 1.807) is 11.9 Å². The lowest BCUT2D eigenvalue weighted by Crippen LogP contribution is -2.35. The van der Waals surface area contributed by atoms with Crippen LogP contribution in [0, 0.1) is 5.92 Å². The molecule has 1 aromatic carbocycles. The van der Waals surface area contributed by atoms with Gasteiger partial charge in [-0.15, -0.1) is 0 Å². The molecule has 1 amide bonds. The molecule has 0 radical (unpaired) electrons. The van der Waals surface area contributed by atoms with E-state index in [0.717, 1.165) is 5.75 Å². The Morgan fingerprint density at radius 1 is 1.35 bits per heavy atom. The van der Waals surface area contributed by atoms with Crippen molar-refractivity contribution < 1.29 is 14.6 Å². The van der Waals surface area contributed by atoms with Gasteiger partial charge >= 0.3 is 0 Å². The van der Waals surface area contributed by atoms with Crippen LogP contribution in [-0.4, -0.2) is 48.3 Å². The number of aliphatic hydroxyl groups is 1. The summed E-state index contributed by atoms with van der Waals surface area (Å²) in [6.07, 6.45) is 0.456. The molecular weight excluding hydrogens is 292 g/mol. The Labute approximate surface area is 138 Å². The SMILES string of the molecule is CC(C)c1ccc(OCCN(C)C(=O)[C@H]2C[C@H](N)[C@@H](O)C2)cc1. The van der Waals surface area contributed by atoms with Crippen molar-refractivity contribution in [2.45, 2.75) is 44.8 Å². The molecular formula is C18H28N2O3. The van der Waals surface area contributed by atoms with E-state index in [-0.39, 0.29) is 17.9 Å². The summed E-state index contributed by atoms with van der Waals surface area (Å²) in [5.74, 6) is 1.18. The van der Waals surface area contributed by atoms with Crippen LogP contribution in [0.2, 0.25) is 0 Å². The monoisotopic (exact) mass is 320 g/mol. The number of aliphatic hydroxyl groups excluding tert-OH is 1. The lowest BCUT2D eigenvalue weighted by atomic mass is 10.0. The first-order chi connectivity index (χ1) is 10.9. The maximum absolute atomic E-state index is 12.3. The second kappa shape index (κ2) is 7.79. The predicted octanol–water partition coefficient (Wildman–Crippen LogP) is 1.75. The van der Waals surface area contributed by atoms with Crippen molar-refractivity contribution in [2.24, 2.45) is 11.7 Å². The fourth-order valence-corrected chi connectivity index (χ4v) is 2.92. The Hall–Kier alpha value is -1.59. The van der Waals surface area contributed by atoms with E-state index in [2.05, 4.69) is 26.0 Å². The Kier molecular flexibility index (Phi) is 6.02. The van der Waals surface area contributed by atoms with Crippen molar-refractivity contribution >= 4 is 5.91 Å². The van der Waals surface area contributed by atoms with E-state index in [1.807, 2.05) is 12.1 Å². The van der Waals surface area contributed by atoms with Gasteiger partial charge in [-0.2, -0.15) is 0 Å². The molecule has 1 aliphatic rings. The molecule has 3 N–H and O–H groups in total. The normalized spacial score (nSPS) is 24.0. The van der Waals surface area contributed by atoms with Crippen LogP contribution in [-0.2, 0) is 4.79 Å². The van der Waals surface area contributed by atoms with E-state index in [4.69, 9.17) is 10.5 Å². The maximum Gasteiger partial charge on any atom is 0.225 e. The third kappa shape index (κ3) is 4.69. The van der Waals surface area contributed by atoms with Gasteiger partial charge in [0.2, 0.25) is 5.91 Å². The highest BCUT2D eigenvalue weighted by molar-refractivity contribution is 5.79. The van der Waals surface area contributed by atoms with Crippen molar-refractivity contribution in [2.75, 3.05) is 20.2 Å². The van der Waals surface area contributed by atoms with E-state index in [9.17, 15) is 9.90 Å². The largest absolute Gasteiger partial charge is 0.492 e. The Bertz CT molecular complexity index is 506. The first kappa shape index (κ1) is 17.8. The summed E-state index contributed by atoms with van der Waals surface area (Å²) in [4.78, 5) is 14.0. The molecule has 128 valence electrons. The van der Waals surface area contributed by atoms with Crippen molar-refractivity contribution in [3.05, 3.63) is 29.8 Å². The molecule has 0 spiro atoms. The molecule has 5 heteroatoms. The number of nitrogens with zero attached hydrogens (tertiary/aromatic N) is 1. The first-order valence-corrected chi connectivity index (χ1v) is 8.30. The molecule has 3 atom stereocenters. The number of carbonyl (C=O) groups is 1. The molecule has 2 rings (SSSR count). The number of carbonyl (C=O) groups excluding carboxylic acids is 1. The molecule has 0 bridgehead atoms. The summed E-state index contributed by atoms with van der Waals surface area (Å²) in [5.41, 5.74) is 7.05. The van der Waals surface area contributed by atoms with Gasteiger partial charge in [-0.3, -0.25) is 4.79 Å². The van der Waals surface area contributed by atoms with Crippen LogP contribution in [0.15, 0.2) is 24.3 Å². The van der Waals surface area contributed by atoms with Gasteiger partial charge in [0.15, 0.2) is 0 Å². The number of hydrogen-bond acceptors (Lipinski definition) is 4. The lowest BCUT2D eigenvalue weighted by Gasteiger charge is -2.21. The molecule has 0 saturated heterocycles. The van der Waals surface area contributed by atoms with E-state index < -0.39 is 6.10 Å². The number of likely N-dealkylation sites (N-methyl/N-ethyl adjacent to an activating group) is 1. The molecule has 1 aromatic rings. The molecule has 0 unspecified atom stereocenters. The number of nitrogens with two attached hydrogens (primary N) is 1. The Balaban J connectivity index is 1.76. The van der Waals surface area contributed by atoms with Crippen LogP contribution in [0.4, 0.5) is 0 Å². The molecule has 0 aromatic heterocycles. The molecule has 5 nitrogen and oxygen atoms in total. The maximum atomic E-state index is 12.3. The van der Waals surface area contributed by atoms with Gasteiger partial charge in [0.05, 0.1) is 12.6 Å². The van der Waals surface area contributed by atoms with Crippen LogP contribution < -0.4 is 10.5 Å². The molecule has 0 aliphatic heterocycles. The van der Waals surface area contributed by atoms with Crippen LogP contribution in [0.5, 0.6) is 5.75 Å². The zero-order valence-electron chi connectivity index (χ0n) is 14.2. The molecule has 1 fully saturated rings. The van der Waals surface area contributed by atoms with Crippen LogP contribution in [0.3, 0.4) is 0 Å². The van der Waals surface area contributed by atoms with E-state index in [0.29, 0.717) is 31.9 Å². The third-order valence-electron chi connectivity index (χ3n) is 4.54. The first-order valence-electron chi connectivity index (χ1n) is 8.30. The minimum atomic E-state index is -0.562. The summed E-state index contributed by atoms with van der Waals surface area (Å²) in [6.45, 7) is 5.28. The second-order valence-corrected chi connectivity index (χ2v) is 6.73. The number of rotatable bonds is 6. The summed E-state index contributed by atoms with van der Waals surface area (Å²) in [5, 5.41) is 9.66. The second-order valence-electron chi connectivity index (χ2n) is 6.73. The minimum Gasteiger partial charge on any atom is -0.492 e. The van der Waals surface area contributed by atoms with Crippen LogP contribution in [0.25, 0.3) is 0 Å². The summed E-state index contributed by atoms with van der Waals surface area (Å²) in [6, 6.07) is 7.77. The molecule has 1 saturated carbocycles. The van der Waals surface area contributed by atoms with Gasteiger partial charge in [-0.25, -0.2) is 0 Å². The number of hydrogen-bond donors (Lipinski definition) is 2. The average molecular weight is 320 g/mol. The third-order valence-corrected chi connectivity index (χ3v) is 4.54. The Morgan fingerprint density at radius 2 is 2.00 bits per heavy atom. The minimum absolute atomic E-state index is 0.0377. The number of benzene rings is 1. The van der Waals surface area contributed by atoms with Crippen molar-refractivity contribution in [3.63, 3.8) is 0 Å². The highest BCUT2D eigenvalue weighted by atomic mass is 16.5. The van der Waals surface area contributed by atoms with Crippen molar-refractivity contribution in [1.82, 2.24) is 4.90 Å². The topological polar surface area (TPSA) is 75.8 Å². The van der Waals surface area contributed by atoms with Crippen LogP contribution in [0.1, 0.15) is 38.2 Å². The number of ether oxygens (including phenoxy) is 1. The van der Waals surface area contributed by atoms with Crippen molar-refractivity contribution in [1.29, 1.82) is 0 Å². The molecule has 1 aliphatic carbocycles. The van der Waals surface area contributed by atoms with E-state index in [1.165, 1.54) is 5.56 Å². The van der Waals surface area contributed by atoms with E-state index >= 15 is 0 Å². The lowest BCUT2D eigenvalue weighted by molar-refractivity contribution is -0.134.